The number of amides is 1. The average molecular weight is 254 g/mol. The Morgan fingerprint density at radius 1 is 1.65 bits per heavy atom. The molecule has 0 bridgehead atoms. The molecule has 1 aromatic rings. The van der Waals surface area contributed by atoms with Crippen LogP contribution in [0.5, 0.6) is 0 Å². The topological polar surface area (TPSA) is 62.5 Å². The predicted molar refractivity (Wildman–Crippen MR) is 68.2 cm³/mol. The standard InChI is InChI=1S/C11H18N4OS/c1-8-10(17-7-13-8)11(16)15-4-3-14(2)6-9(15)5-12/h7,9H,3-6,12H2,1-2H3. The fourth-order valence-electron chi connectivity index (χ4n) is 2.12. The maximum absolute atomic E-state index is 12.4. The lowest BCUT2D eigenvalue weighted by Gasteiger charge is -2.39. The SMILES string of the molecule is Cc1ncsc1C(=O)N1CCN(C)CC1CN. The molecule has 1 amide bonds. The van der Waals surface area contributed by atoms with Crippen molar-refractivity contribution in [2.45, 2.75) is 13.0 Å². The van der Waals surface area contributed by atoms with Crippen LogP contribution in [0.15, 0.2) is 5.51 Å². The molecular formula is C11H18N4OS. The van der Waals surface area contributed by atoms with Crippen LogP contribution in [0.2, 0.25) is 0 Å². The quantitative estimate of drug-likeness (QED) is 0.817. The minimum Gasteiger partial charge on any atom is -0.331 e. The lowest BCUT2D eigenvalue weighted by atomic mass is 10.1. The van der Waals surface area contributed by atoms with Gasteiger partial charge < -0.3 is 15.5 Å². The summed E-state index contributed by atoms with van der Waals surface area (Å²) >= 11 is 1.41. The third kappa shape index (κ3) is 2.48. The maximum atomic E-state index is 12.4. The van der Waals surface area contributed by atoms with Crippen molar-refractivity contribution in [1.29, 1.82) is 0 Å². The van der Waals surface area contributed by atoms with Crippen LogP contribution in [0.1, 0.15) is 15.4 Å². The highest BCUT2D eigenvalue weighted by Crippen LogP contribution is 2.18. The summed E-state index contributed by atoms with van der Waals surface area (Å²) in [6.07, 6.45) is 0. The summed E-state index contributed by atoms with van der Waals surface area (Å²) in [6.45, 7) is 4.87. The molecule has 0 saturated carbocycles. The summed E-state index contributed by atoms with van der Waals surface area (Å²) in [5.74, 6) is 0.0774. The number of aryl methyl sites for hydroxylation is 1. The highest BCUT2D eigenvalue weighted by molar-refractivity contribution is 7.11. The molecule has 1 unspecified atom stereocenters. The highest BCUT2D eigenvalue weighted by Gasteiger charge is 2.30. The number of nitrogens with two attached hydrogens (primary N) is 1. The maximum Gasteiger partial charge on any atom is 0.266 e. The summed E-state index contributed by atoms with van der Waals surface area (Å²) in [7, 11) is 2.06. The van der Waals surface area contributed by atoms with Gasteiger partial charge in [-0.3, -0.25) is 4.79 Å². The number of piperazine rings is 1. The van der Waals surface area contributed by atoms with E-state index in [4.69, 9.17) is 5.73 Å². The van der Waals surface area contributed by atoms with E-state index in [2.05, 4.69) is 16.9 Å². The van der Waals surface area contributed by atoms with Gasteiger partial charge in [0, 0.05) is 26.2 Å². The average Bonchev–Trinajstić information content (AvgIpc) is 2.74. The monoisotopic (exact) mass is 254 g/mol. The minimum atomic E-state index is 0.0774. The van der Waals surface area contributed by atoms with Crippen LogP contribution >= 0.6 is 11.3 Å². The van der Waals surface area contributed by atoms with E-state index in [1.54, 1.807) is 5.51 Å². The Morgan fingerprint density at radius 2 is 2.41 bits per heavy atom. The molecule has 1 atom stereocenters. The third-order valence-corrected chi connectivity index (χ3v) is 4.08. The molecule has 2 rings (SSSR count). The summed E-state index contributed by atoms with van der Waals surface area (Å²) in [5, 5.41) is 0. The van der Waals surface area contributed by atoms with E-state index in [9.17, 15) is 4.79 Å². The zero-order valence-corrected chi connectivity index (χ0v) is 11.0. The molecule has 6 heteroatoms. The number of carbonyl (C=O) groups excluding carboxylic acids is 1. The Bertz CT molecular complexity index is 406. The second-order valence-corrected chi connectivity index (χ2v) is 5.27. The first-order valence-corrected chi connectivity index (χ1v) is 6.61. The smallest absolute Gasteiger partial charge is 0.266 e. The van der Waals surface area contributed by atoms with Gasteiger partial charge in [0.1, 0.15) is 4.88 Å². The van der Waals surface area contributed by atoms with Gasteiger partial charge in [-0.15, -0.1) is 11.3 Å². The predicted octanol–water partition coefficient (Wildman–Crippen LogP) is 0.166. The van der Waals surface area contributed by atoms with Crippen LogP contribution in [0.3, 0.4) is 0 Å². The highest BCUT2D eigenvalue weighted by atomic mass is 32.1. The number of aromatic nitrogens is 1. The molecular weight excluding hydrogens is 236 g/mol. The minimum absolute atomic E-state index is 0.0774. The molecule has 2 N–H and O–H groups in total. The number of nitrogens with zero attached hydrogens (tertiary/aromatic N) is 3. The molecule has 1 fully saturated rings. The Morgan fingerprint density at radius 3 is 3.00 bits per heavy atom. The number of hydrogen-bond donors (Lipinski definition) is 1. The van der Waals surface area contributed by atoms with E-state index in [1.807, 2.05) is 11.8 Å². The first kappa shape index (κ1) is 12.5. The molecule has 1 saturated heterocycles. The largest absolute Gasteiger partial charge is 0.331 e. The van der Waals surface area contributed by atoms with Crippen molar-refractivity contribution in [3.8, 4) is 0 Å². The van der Waals surface area contributed by atoms with Crippen molar-refractivity contribution >= 4 is 17.2 Å². The molecule has 0 aliphatic carbocycles. The van der Waals surface area contributed by atoms with Crippen molar-refractivity contribution in [2.24, 2.45) is 5.73 Å². The van der Waals surface area contributed by atoms with Crippen LogP contribution in [0.25, 0.3) is 0 Å². The second kappa shape index (κ2) is 5.12. The van der Waals surface area contributed by atoms with Gasteiger partial charge in [0.05, 0.1) is 17.2 Å². The summed E-state index contributed by atoms with van der Waals surface area (Å²) in [6, 6.07) is 0.114. The summed E-state index contributed by atoms with van der Waals surface area (Å²) < 4.78 is 0. The first-order chi connectivity index (χ1) is 8.13. The molecule has 0 spiro atoms. The van der Waals surface area contributed by atoms with Crippen molar-refractivity contribution in [2.75, 3.05) is 33.2 Å². The normalized spacial score (nSPS) is 21.8. The van der Waals surface area contributed by atoms with Gasteiger partial charge >= 0.3 is 0 Å². The number of rotatable bonds is 2. The number of carbonyl (C=O) groups is 1. The lowest BCUT2D eigenvalue weighted by Crippen LogP contribution is -2.56. The van der Waals surface area contributed by atoms with Gasteiger partial charge in [-0.05, 0) is 14.0 Å². The molecule has 94 valence electrons. The molecule has 0 aromatic carbocycles. The van der Waals surface area contributed by atoms with E-state index >= 15 is 0 Å². The van der Waals surface area contributed by atoms with Crippen LogP contribution in [-0.2, 0) is 0 Å². The summed E-state index contributed by atoms with van der Waals surface area (Å²) in [5.41, 5.74) is 8.29. The van der Waals surface area contributed by atoms with Gasteiger partial charge in [0.25, 0.3) is 5.91 Å². The fraction of sp³-hybridized carbons (Fsp3) is 0.636. The van der Waals surface area contributed by atoms with Crippen molar-refractivity contribution < 1.29 is 4.79 Å². The Hall–Kier alpha value is -0.980. The van der Waals surface area contributed by atoms with Crippen LogP contribution in [0, 0.1) is 6.92 Å². The molecule has 1 aliphatic rings. The van der Waals surface area contributed by atoms with Crippen LogP contribution in [0.4, 0.5) is 0 Å². The number of hydrogen-bond acceptors (Lipinski definition) is 5. The van der Waals surface area contributed by atoms with Crippen molar-refractivity contribution in [3.63, 3.8) is 0 Å². The molecule has 1 aromatic heterocycles. The van der Waals surface area contributed by atoms with E-state index in [0.29, 0.717) is 6.54 Å². The molecule has 0 radical (unpaired) electrons. The second-order valence-electron chi connectivity index (χ2n) is 4.42. The van der Waals surface area contributed by atoms with Gasteiger partial charge in [0.15, 0.2) is 0 Å². The summed E-state index contributed by atoms with van der Waals surface area (Å²) in [4.78, 5) is 21.3. The number of likely N-dealkylation sites (N-methyl/N-ethyl adjacent to an activating group) is 1. The van der Waals surface area contributed by atoms with Crippen molar-refractivity contribution in [1.82, 2.24) is 14.8 Å². The Balaban J connectivity index is 2.16. The Kier molecular flexibility index (Phi) is 3.76. The fourth-order valence-corrected chi connectivity index (χ4v) is 2.87. The molecule has 2 heterocycles. The lowest BCUT2D eigenvalue weighted by molar-refractivity contribution is 0.0520. The van der Waals surface area contributed by atoms with Crippen molar-refractivity contribution in [3.05, 3.63) is 16.1 Å². The van der Waals surface area contributed by atoms with E-state index in [-0.39, 0.29) is 11.9 Å². The third-order valence-electron chi connectivity index (χ3n) is 3.16. The first-order valence-electron chi connectivity index (χ1n) is 5.73. The van der Waals surface area contributed by atoms with Gasteiger partial charge in [-0.2, -0.15) is 0 Å². The van der Waals surface area contributed by atoms with Gasteiger partial charge in [0.2, 0.25) is 0 Å². The molecule has 17 heavy (non-hydrogen) atoms. The van der Waals surface area contributed by atoms with Crippen LogP contribution in [-0.4, -0.2) is 60.0 Å². The van der Waals surface area contributed by atoms with Gasteiger partial charge in [-0.1, -0.05) is 0 Å². The zero-order valence-electron chi connectivity index (χ0n) is 10.2. The van der Waals surface area contributed by atoms with Gasteiger partial charge in [-0.25, -0.2) is 4.98 Å². The van der Waals surface area contributed by atoms with E-state index < -0.39 is 0 Å². The van der Waals surface area contributed by atoms with E-state index in [0.717, 1.165) is 30.2 Å². The Labute approximate surface area is 105 Å². The number of thiazole rings is 1. The van der Waals surface area contributed by atoms with E-state index in [1.165, 1.54) is 11.3 Å². The molecule has 1 aliphatic heterocycles. The zero-order chi connectivity index (χ0) is 12.4. The van der Waals surface area contributed by atoms with Crippen LogP contribution < -0.4 is 5.73 Å². The molecule has 5 nitrogen and oxygen atoms in total.